The average Bonchev–Trinajstić information content (AvgIpc) is 3.19. The molecule has 2 saturated heterocycles. The lowest BCUT2D eigenvalue weighted by Gasteiger charge is -2.35. The lowest BCUT2D eigenvalue weighted by Crippen LogP contribution is -2.48. The van der Waals surface area contributed by atoms with Gasteiger partial charge in [-0.2, -0.15) is 0 Å². The molecular formula is C23H25N3O2. The van der Waals surface area contributed by atoms with Crippen molar-refractivity contribution in [3.8, 4) is 0 Å². The summed E-state index contributed by atoms with van der Waals surface area (Å²) in [7, 11) is 0. The van der Waals surface area contributed by atoms with Crippen molar-refractivity contribution in [3.05, 3.63) is 66.2 Å². The predicted molar refractivity (Wildman–Crippen MR) is 112 cm³/mol. The van der Waals surface area contributed by atoms with Crippen LogP contribution in [0.1, 0.15) is 18.4 Å². The quantitative estimate of drug-likeness (QED) is 0.771. The maximum atomic E-state index is 12.5. The summed E-state index contributed by atoms with van der Waals surface area (Å²) in [5.74, 6) is 0.236. The first-order chi connectivity index (χ1) is 13.7. The number of hydrogen-bond donors (Lipinski definition) is 0. The lowest BCUT2D eigenvalue weighted by atomic mass is 10.1. The molecule has 2 aliphatic rings. The molecule has 2 aromatic rings. The number of carbonyl (C=O) groups is 2. The van der Waals surface area contributed by atoms with Gasteiger partial charge < -0.3 is 14.7 Å². The Morgan fingerprint density at radius 3 is 2.18 bits per heavy atom. The van der Waals surface area contributed by atoms with Crippen molar-refractivity contribution in [2.24, 2.45) is 0 Å². The molecule has 28 heavy (non-hydrogen) atoms. The lowest BCUT2D eigenvalue weighted by molar-refractivity contribution is -0.126. The van der Waals surface area contributed by atoms with Gasteiger partial charge in [-0.3, -0.25) is 9.59 Å². The maximum Gasteiger partial charge on any atom is 0.246 e. The predicted octanol–water partition coefficient (Wildman–Crippen LogP) is 3.18. The zero-order valence-corrected chi connectivity index (χ0v) is 16.0. The number of para-hydroxylation sites is 1. The topological polar surface area (TPSA) is 43.9 Å². The molecule has 0 N–H and O–H groups in total. The van der Waals surface area contributed by atoms with Crippen molar-refractivity contribution in [1.82, 2.24) is 4.90 Å². The van der Waals surface area contributed by atoms with Gasteiger partial charge in [0.1, 0.15) is 0 Å². The van der Waals surface area contributed by atoms with Crippen LogP contribution in [0.2, 0.25) is 0 Å². The van der Waals surface area contributed by atoms with Gasteiger partial charge in [0.25, 0.3) is 0 Å². The van der Waals surface area contributed by atoms with Crippen molar-refractivity contribution in [2.75, 3.05) is 42.5 Å². The number of rotatable bonds is 4. The largest absolute Gasteiger partial charge is 0.368 e. The number of carbonyl (C=O) groups excluding carboxylic acids is 2. The van der Waals surface area contributed by atoms with Gasteiger partial charge in [0.2, 0.25) is 11.8 Å². The van der Waals surface area contributed by atoms with E-state index >= 15 is 0 Å². The van der Waals surface area contributed by atoms with Gasteiger partial charge in [-0.15, -0.1) is 0 Å². The summed E-state index contributed by atoms with van der Waals surface area (Å²) >= 11 is 0. The van der Waals surface area contributed by atoms with Crippen LogP contribution >= 0.6 is 0 Å². The van der Waals surface area contributed by atoms with Crippen LogP contribution in [0.5, 0.6) is 0 Å². The summed E-state index contributed by atoms with van der Waals surface area (Å²) in [6.45, 7) is 3.95. The van der Waals surface area contributed by atoms with Gasteiger partial charge in [-0.1, -0.05) is 30.3 Å². The van der Waals surface area contributed by atoms with Crippen molar-refractivity contribution in [3.63, 3.8) is 0 Å². The minimum atomic E-state index is 0.0477. The fraction of sp³-hybridized carbons (Fsp3) is 0.304. The molecule has 5 heteroatoms. The molecule has 2 aromatic carbocycles. The van der Waals surface area contributed by atoms with Crippen molar-refractivity contribution in [1.29, 1.82) is 0 Å². The Kier molecular flexibility index (Phi) is 5.42. The first kappa shape index (κ1) is 18.3. The average molecular weight is 375 g/mol. The molecule has 0 bridgehead atoms. The van der Waals surface area contributed by atoms with Crippen LogP contribution in [0.3, 0.4) is 0 Å². The highest BCUT2D eigenvalue weighted by Gasteiger charge is 2.21. The van der Waals surface area contributed by atoms with E-state index in [1.165, 1.54) is 5.69 Å². The van der Waals surface area contributed by atoms with Crippen LogP contribution in [0, 0.1) is 0 Å². The van der Waals surface area contributed by atoms with Crippen molar-refractivity contribution >= 4 is 29.3 Å². The van der Waals surface area contributed by atoms with Crippen LogP contribution in [0.15, 0.2) is 60.7 Å². The number of hydrogen-bond acceptors (Lipinski definition) is 3. The maximum absolute atomic E-state index is 12.5. The van der Waals surface area contributed by atoms with Gasteiger partial charge >= 0.3 is 0 Å². The number of amides is 2. The minimum Gasteiger partial charge on any atom is -0.368 e. The van der Waals surface area contributed by atoms with Gasteiger partial charge in [-0.05, 0) is 42.3 Å². The summed E-state index contributed by atoms with van der Waals surface area (Å²) in [6, 6.07) is 18.1. The molecule has 2 fully saturated rings. The number of anilines is 2. The molecule has 0 saturated carbocycles. The van der Waals surface area contributed by atoms with Crippen LogP contribution in [-0.2, 0) is 9.59 Å². The zero-order valence-electron chi connectivity index (χ0n) is 16.0. The van der Waals surface area contributed by atoms with E-state index in [0.717, 1.165) is 50.4 Å². The third-order valence-electron chi connectivity index (χ3n) is 5.41. The summed E-state index contributed by atoms with van der Waals surface area (Å²) < 4.78 is 0. The normalized spacial score (nSPS) is 17.6. The molecule has 0 unspecified atom stereocenters. The molecule has 4 rings (SSSR count). The van der Waals surface area contributed by atoms with Crippen LogP contribution in [0.25, 0.3) is 6.08 Å². The number of benzene rings is 2. The number of nitrogens with zero attached hydrogens (tertiary/aromatic N) is 3. The summed E-state index contributed by atoms with van der Waals surface area (Å²) in [5, 5.41) is 0. The van der Waals surface area contributed by atoms with E-state index < -0.39 is 0 Å². The second-order valence-corrected chi connectivity index (χ2v) is 7.22. The molecule has 0 atom stereocenters. The van der Waals surface area contributed by atoms with Crippen molar-refractivity contribution < 1.29 is 9.59 Å². The summed E-state index contributed by atoms with van der Waals surface area (Å²) in [5.41, 5.74) is 3.11. The monoisotopic (exact) mass is 375 g/mol. The first-order valence-electron chi connectivity index (χ1n) is 9.88. The van der Waals surface area contributed by atoms with Gasteiger partial charge in [0.15, 0.2) is 0 Å². The van der Waals surface area contributed by atoms with E-state index in [0.29, 0.717) is 6.42 Å². The van der Waals surface area contributed by atoms with Gasteiger partial charge in [0.05, 0.1) is 0 Å². The first-order valence-corrected chi connectivity index (χ1v) is 9.88. The smallest absolute Gasteiger partial charge is 0.246 e. The Morgan fingerprint density at radius 2 is 1.54 bits per heavy atom. The highest BCUT2D eigenvalue weighted by molar-refractivity contribution is 5.95. The van der Waals surface area contributed by atoms with E-state index in [-0.39, 0.29) is 11.8 Å². The zero-order chi connectivity index (χ0) is 19.3. The van der Waals surface area contributed by atoms with E-state index in [2.05, 4.69) is 17.0 Å². The Bertz CT molecular complexity index is 853. The number of piperazine rings is 1. The summed E-state index contributed by atoms with van der Waals surface area (Å²) in [4.78, 5) is 30.4. The standard InChI is InChI=1S/C23H25N3O2/c27-22(25-17-15-24(16-18-25)20-5-2-1-3-6-20)13-10-19-8-11-21(12-9-19)26-14-4-7-23(26)28/h1-3,5-6,8-13H,4,7,14-18H2/b13-10+. The van der Waals surface area contributed by atoms with Crippen LogP contribution < -0.4 is 9.80 Å². The summed E-state index contributed by atoms with van der Waals surface area (Å²) in [6.07, 6.45) is 5.05. The second kappa shape index (κ2) is 8.30. The highest BCUT2D eigenvalue weighted by Crippen LogP contribution is 2.22. The third-order valence-corrected chi connectivity index (χ3v) is 5.41. The van der Waals surface area contributed by atoms with Crippen LogP contribution in [0.4, 0.5) is 11.4 Å². The molecule has 144 valence electrons. The second-order valence-electron chi connectivity index (χ2n) is 7.22. The fourth-order valence-corrected chi connectivity index (χ4v) is 3.78. The molecule has 0 radical (unpaired) electrons. The Morgan fingerprint density at radius 1 is 0.821 bits per heavy atom. The van der Waals surface area contributed by atoms with E-state index in [9.17, 15) is 9.59 Å². The van der Waals surface area contributed by atoms with E-state index in [1.54, 1.807) is 6.08 Å². The Balaban J connectivity index is 1.31. The molecule has 0 aliphatic carbocycles. The Hall–Kier alpha value is -3.08. The molecule has 2 amide bonds. The van der Waals surface area contributed by atoms with Gasteiger partial charge in [0, 0.05) is 56.6 Å². The van der Waals surface area contributed by atoms with E-state index in [1.807, 2.05) is 58.3 Å². The van der Waals surface area contributed by atoms with Crippen LogP contribution in [-0.4, -0.2) is 49.4 Å². The highest BCUT2D eigenvalue weighted by atomic mass is 16.2. The minimum absolute atomic E-state index is 0.0477. The third kappa shape index (κ3) is 4.09. The Labute approximate surface area is 165 Å². The SMILES string of the molecule is O=C(/C=C/c1ccc(N2CCCC2=O)cc1)N1CCN(c2ccccc2)CC1. The molecule has 0 aromatic heterocycles. The molecule has 5 nitrogen and oxygen atoms in total. The molecule has 2 heterocycles. The van der Waals surface area contributed by atoms with E-state index in [4.69, 9.17) is 0 Å². The fourth-order valence-electron chi connectivity index (χ4n) is 3.78. The van der Waals surface area contributed by atoms with Crippen molar-refractivity contribution in [2.45, 2.75) is 12.8 Å². The molecule has 0 spiro atoms. The molecule has 2 aliphatic heterocycles. The van der Waals surface area contributed by atoms with Gasteiger partial charge in [-0.25, -0.2) is 0 Å². The molecular weight excluding hydrogens is 350 g/mol.